The van der Waals surface area contributed by atoms with Crippen molar-refractivity contribution >= 4 is 24.4 Å². The maximum atomic E-state index is 9.70. The number of benzene rings is 1. The Morgan fingerprint density at radius 1 is 1.22 bits per heavy atom. The number of aliphatic hydroxyl groups is 1. The molecule has 0 aliphatic heterocycles. The SMILES string of the molecule is C[C@H](CO)CCN(C)[C@@H]1[C@@H]2CC3C[C@H]1C[C@](CNc1nc(NCc4ccccc4S)ncc1C#N)(C3)C2. The van der Waals surface area contributed by atoms with Gasteiger partial charge in [-0.2, -0.15) is 10.2 Å². The van der Waals surface area contributed by atoms with Crippen molar-refractivity contribution in [3.8, 4) is 6.07 Å². The summed E-state index contributed by atoms with van der Waals surface area (Å²) in [6.45, 7) is 4.91. The van der Waals surface area contributed by atoms with Gasteiger partial charge in [-0.3, -0.25) is 0 Å². The van der Waals surface area contributed by atoms with E-state index in [0.717, 1.165) is 47.7 Å². The summed E-state index contributed by atoms with van der Waals surface area (Å²) in [4.78, 5) is 12.6. The number of hydrogen-bond acceptors (Lipinski definition) is 8. The molecule has 7 nitrogen and oxygen atoms in total. The Bertz CT molecular complexity index is 1120. The number of nitrogens with zero attached hydrogens (tertiary/aromatic N) is 4. The number of thiol groups is 1. The van der Waals surface area contributed by atoms with E-state index in [1.165, 1.54) is 32.1 Å². The minimum atomic E-state index is 0.273. The van der Waals surface area contributed by atoms with Crippen LogP contribution in [0.5, 0.6) is 0 Å². The van der Waals surface area contributed by atoms with Gasteiger partial charge in [0.25, 0.3) is 0 Å². The van der Waals surface area contributed by atoms with E-state index >= 15 is 0 Å². The Balaban J connectivity index is 1.24. The lowest BCUT2D eigenvalue weighted by molar-refractivity contribution is -0.102. The van der Waals surface area contributed by atoms with Crippen molar-refractivity contribution in [1.29, 1.82) is 5.26 Å². The lowest BCUT2D eigenvalue weighted by Crippen LogP contribution is -2.60. The molecular formula is C29H40N6OS. The smallest absolute Gasteiger partial charge is 0.224 e. The van der Waals surface area contributed by atoms with Crippen LogP contribution in [0, 0.1) is 40.4 Å². The van der Waals surface area contributed by atoms with Gasteiger partial charge in [0.05, 0.1) is 6.20 Å². The Morgan fingerprint density at radius 2 is 1.97 bits per heavy atom. The fraction of sp³-hybridized carbons (Fsp3) is 0.621. The zero-order valence-corrected chi connectivity index (χ0v) is 22.9. The first kappa shape index (κ1) is 26.3. The quantitative estimate of drug-likeness (QED) is 0.316. The molecule has 1 heterocycles. The summed E-state index contributed by atoms with van der Waals surface area (Å²) in [6.07, 6.45) is 9.13. The minimum absolute atomic E-state index is 0.273. The molecule has 6 atom stereocenters. The maximum absolute atomic E-state index is 9.70. The molecule has 0 spiro atoms. The largest absolute Gasteiger partial charge is 0.396 e. The molecule has 1 unspecified atom stereocenters. The van der Waals surface area contributed by atoms with Crippen molar-refractivity contribution in [1.82, 2.24) is 14.9 Å². The predicted octanol–water partition coefficient (Wildman–Crippen LogP) is 4.81. The van der Waals surface area contributed by atoms with Gasteiger partial charge in [-0.15, -0.1) is 12.6 Å². The average Bonchev–Trinajstić information content (AvgIpc) is 2.89. The summed E-state index contributed by atoms with van der Waals surface area (Å²) in [5.74, 6) is 3.80. The molecule has 4 saturated carbocycles. The van der Waals surface area contributed by atoms with Gasteiger partial charge in [0.2, 0.25) is 5.95 Å². The van der Waals surface area contributed by atoms with Crippen LogP contribution in [-0.4, -0.2) is 52.8 Å². The number of aliphatic hydroxyl groups excluding tert-OH is 1. The highest BCUT2D eigenvalue weighted by Crippen LogP contribution is 2.61. The van der Waals surface area contributed by atoms with Crippen molar-refractivity contribution in [2.45, 2.75) is 62.9 Å². The highest BCUT2D eigenvalue weighted by atomic mass is 32.1. The molecule has 3 N–H and O–H groups in total. The number of nitrogens with one attached hydrogen (secondary N) is 2. The van der Waals surface area contributed by atoms with Crippen LogP contribution in [0.25, 0.3) is 0 Å². The van der Waals surface area contributed by atoms with Crippen LogP contribution in [0.15, 0.2) is 35.4 Å². The summed E-state index contributed by atoms with van der Waals surface area (Å²) in [5.41, 5.74) is 1.84. The predicted molar refractivity (Wildman–Crippen MR) is 150 cm³/mol. The Morgan fingerprint density at radius 3 is 2.68 bits per heavy atom. The molecule has 0 radical (unpaired) electrons. The first-order valence-electron chi connectivity index (χ1n) is 13.7. The van der Waals surface area contributed by atoms with Crippen LogP contribution in [-0.2, 0) is 6.54 Å². The van der Waals surface area contributed by atoms with Crippen molar-refractivity contribution in [3.05, 3.63) is 41.6 Å². The van der Waals surface area contributed by atoms with E-state index < -0.39 is 0 Å². The Kier molecular flexibility index (Phi) is 7.94. The van der Waals surface area contributed by atoms with Crippen LogP contribution in [0.4, 0.5) is 11.8 Å². The molecule has 2 aromatic rings. The van der Waals surface area contributed by atoms with Gasteiger partial charge in [-0.25, -0.2) is 4.98 Å². The molecule has 8 heteroatoms. The monoisotopic (exact) mass is 520 g/mol. The van der Waals surface area contributed by atoms with Crippen molar-refractivity contribution in [3.63, 3.8) is 0 Å². The molecule has 4 fully saturated rings. The highest BCUT2D eigenvalue weighted by Gasteiger charge is 2.55. The molecule has 4 bridgehead atoms. The summed E-state index contributed by atoms with van der Waals surface area (Å²) in [7, 11) is 2.29. The van der Waals surface area contributed by atoms with E-state index in [1.807, 2.05) is 24.3 Å². The van der Waals surface area contributed by atoms with Gasteiger partial charge in [0, 0.05) is 30.6 Å². The topological polar surface area (TPSA) is 97.1 Å². The minimum Gasteiger partial charge on any atom is -0.396 e. The summed E-state index contributed by atoms with van der Waals surface area (Å²) < 4.78 is 0. The third kappa shape index (κ3) is 5.74. The van der Waals surface area contributed by atoms with Crippen molar-refractivity contribution in [2.75, 3.05) is 37.4 Å². The molecule has 0 saturated heterocycles. The average molecular weight is 521 g/mol. The van der Waals surface area contributed by atoms with Crippen LogP contribution >= 0.6 is 12.6 Å². The van der Waals surface area contributed by atoms with E-state index in [-0.39, 0.29) is 12.0 Å². The second kappa shape index (κ2) is 11.2. The third-order valence-corrected chi connectivity index (χ3v) is 9.55. The van der Waals surface area contributed by atoms with Gasteiger partial charge >= 0.3 is 0 Å². The van der Waals surface area contributed by atoms with E-state index in [4.69, 9.17) is 0 Å². The first-order chi connectivity index (χ1) is 17.9. The van der Waals surface area contributed by atoms with Gasteiger partial charge in [0.15, 0.2) is 0 Å². The molecule has 4 aliphatic rings. The van der Waals surface area contributed by atoms with Gasteiger partial charge in [-0.05, 0) is 92.8 Å². The molecular weight excluding hydrogens is 480 g/mol. The summed E-state index contributed by atoms with van der Waals surface area (Å²) in [5, 5.41) is 26.0. The second-order valence-corrected chi connectivity index (χ2v) is 12.4. The number of rotatable bonds is 11. The van der Waals surface area contributed by atoms with Gasteiger partial charge in [-0.1, -0.05) is 25.1 Å². The number of hydrogen-bond donors (Lipinski definition) is 4. The molecule has 1 aromatic carbocycles. The normalized spacial score (nSPS) is 28.8. The van der Waals surface area contributed by atoms with Crippen LogP contribution < -0.4 is 10.6 Å². The second-order valence-electron chi connectivity index (χ2n) is 11.9. The van der Waals surface area contributed by atoms with Crippen molar-refractivity contribution < 1.29 is 5.11 Å². The summed E-state index contributed by atoms with van der Waals surface area (Å²) >= 11 is 4.53. The van der Waals surface area contributed by atoms with Gasteiger partial charge in [0.1, 0.15) is 17.5 Å². The lowest BCUT2D eigenvalue weighted by Gasteiger charge is -2.62. The van der Waals surface area contributed by atoms with E-state index in [0.29, 0.717) is 35.8 Å². The molecule has 0 amide bonds. The van der Waals surface area contributed by atoms with Crippen LogP contribution in [0.1, 0.15) is 56.6 Å². The number of anilines is 2. The van der Waals surface area contributed by atoms with Gasteiger partial charge < -0.3 is 20.6 Å². The van der Waals surface area contributed by atoms with E-state index in [9.17, 15) is 10.4 Å². The Labute approximate surface area is 226 Å². The Hall–Kier alpha value is -2.34. The fourth-order valence-corrected chi connectivity index (χ4v) is 7.80. The number of nitriles is 1. The zero-order chi connectivity index (χ0) is 26.0. The van der Waals surface area contributed by atoms with Crippen LogP contribution in [0.3, 0.4) is 0 Å². The highest BCUT2D eigenvalue weighted by molar-refractivity contribution is 7.80. The van der Waals surface area contributed by atoms with E-state index in [2.05, 4.69) is 58.2 Å². The third-order valence-electron chi connectivity index (χ3n) is 9.11. The molecule has 198 valence electrons. The summed E-state index contributed by atoms with van der Waals surface area (Å²) in [6, 6.07) is 10.9. The van der Waals surface area contributed by atoms with Crippen molar-refractivity contribution in [2.24, 2.45) is 29.1 Å². The molecule has 4 aliphatic carbocycles. The fourth-order valence-electron chi connectivity index (χ4n) is 7.56. The zero-order valence-electron chi connectivity index (χ0n) is 22.0. The van der Waals surface area contributed by atoms with Crippen LogP contribution in [0.2, 0.25) is 0 Å². The maximum Gasteiger partial charge on any atom is 0.224 e. The molecule has 1 aromatic heterocycles. The first-order valence-corrected chi connectivity index (χ1v) is 14.2. The number of aromatic nitrogens is 2. The molecule has 37 heavy (non-hydrogen) atoms. The molecule has 6 rings (SSSR count). The standard InChI is InChI=1S/C29H40N6OS/c1-19(17-36)7-8-35(2)26-22-9-20-10-23(26)13-29(11-20,12-22)18-33-27-24(14-30)16-32-28(34-27)31-15-21-5-3-4-6-25(21)37/h3-6,16,19-20,22-23,26,36-37H,7-13,15,17-18H2,1-2H3,(H2,31,32,33,34)/t19-,20?,22-,23+,26-,29+/m0/s1. The lowest BCUT2D eigenvalue weighted by atomic mass is 9.47. The van der Waals surface area contributed by atoms with E-state index in [1.54, 1.807) is 6.20 Å².